The highest BCUT2D eigenvalue weighted by atomic mass is 16.3. The second kappa shape index (κ2) is 5.36. The zero-order chi connectivity index (χ0) is 9.52. The van der Waals surface area contributed by atoms with Crippen molar-refractivity contribution in [2.75, 3.05) is 6.61 Å². The molecule has 0 bridgehead atoms. The number of aliphatic hydroxyl groups is 2. The second-order valence-corrected chi connectivity index (χ2v) is 2.68. The Hall–Kier alpha value is -1.30. The van der Waals surface area contributed by atoms with Gasteiger partial charge in [-0.25, -0.2) is 0 Å². The van der Waals surface area contributed by atoms with Crippen molar-refractivity contribution in [1.29, 1.82) is 0 Å². The van der Waals surface area contributed by atoms with E-state index in [9.17, 15) is 5.11 Å². The van der Waals surface area contributed by atoms with Crippen LogP contribution in [0.3, 0.4) is 0 Å². The molecule has 0 fully saturated rings. The van der Waals surface area contributed by atoms with Gasteiger partial charge in [-0.3, -0.25) is 0 Å². The fourth-order valence-electron chi connectivity index (χ4n) is 1.05. The normalized spacial score (nSPS) is 11.5. The molecule has 1 unspecified atom stereocenters. The average Bonchev–Trinajstić information content (AvgIpc) is 2.16. The molecule has 0 heterocycles. The van der Waals surface area contributed by atoms with Crippen LogP contribution in [-0.4, -0.2) is 22.9 Å². The molecule has 0 amide bonds. The zero-order valence-electron chi connectivity index (χ0n) is 7.27. The minimum atomic E-state index is -0.686. The van der Waals surface area contributed by atoms with Crippen molar-refractivity contribution in [3.05, 3.63) is 35.9 Å². The van der Waals surface area contributed by atoms with Gasteiger partial charge in [0.05, 0.1) is 0 Å². The fourth-order valence-corrected chi connectivity index (χ4v) is 1.05. The summed E-state index contributed by atoms with van der Waals surface area (Å²) in [4.78, 5) is 0. The first kappa shape index (κ1) is 9.79. The average molecular weight is 176 g/mol. The molecule has 0 radical (unpaired) electrons. The maximum absolute atomic E-state index is 9.35. The first-order chi connectivity index (χ1) is 6.33. The molecule has 13 heavy (non-hydrogen) atoms. The quantitative estimate of drug-likeness (QED) is 0.647. The highest BCUT2D eigenvalue weighted by Gasteiger charge is 1.99. The van der Waals surface area contributed by atoms with Crippen LogP contribution in [0.5, 0.6) is 0 Å². The number of hydrogen-bond acceptors (Lipinski definition) is 2. The Morgan fingerprint density at radius 3 is 2.54 bits per heavy atom. The Bertz CT molecular complexity index is 295. The van der Waals surface area contributed by atoms with Crippen LogP contribution in [0.4, 0.5) is 0 Å². The van der Waals surface area contributed by atoms with Crippen LogP contribution in [0.1, 0.15) is 5.56 Å². The predicted molar refractivity (Wildman–Crippen MR) is 51.0 cm³/mol. The summed E-state index contributed by atoms with van der Waals surface area (Å²) in [5.41, 5.74) is 1.04. The molecule has 1 atom stereocenters. The van der Waals surface area contributed by atoms with Gasteiger partial charge < -0.3 is 10.2 Å². The van der Waals surface area contributed by atoms with Gasteiger partial charge >= 0.3 is 0 Å². The van der Waals surface area contributed by atoms with Gasteiger partial charge in [0.25, 0.3) is 0 Å². The first-order valence-corrected chi connectivity index (χ1v) is 4.14. The molecule has 0 aromatic heterocycles. The Kier molecular flexibility index (Phi) is 4.04. The summed E-state index contributed by atoms with van der Waals surface area (Å²) in [5.74, 6) is 4.96. The standard InChI is InChI=1S/C11H12O2/c12-8-4-7-11(13)9-10-5-2-1-3-6-10/h1-3,5-6,11-13H,8-9H2. The van der Waals surface area contributed by atoms with E-state index in [1.165, 1.54) is 0 Å². The fraction of sp³-hybridized carbons (Fsp3) is 0.273. The van der Waals surface area contributed by atoms with Gasteiger partial charge in [-0.1, -0.05) is 42.2 Å². The lowest BCUT2D eigenvalue weighted by Gasteiger charge is -2.02. The van der Waals surface area contributed by atoms with E-state index in [-0.39, 0.29) is 6.61 Å². The third kappa shape index (κ3) is 3.75. The van der Waals surface area contributed by atoms with Crippen molar-refractivity contribution >= 4 is 0 Å². The molecule has 0 aliphatic rings. The number of rotatable bonds is 2. The van der Waals surface area contributed by atoms with Gasteiger partial charge in [0, 0.05) is 6.42 Å². The maximum Gasteiger partial charge on any atom is 0.118 e. The van der Waals surface area contributed by atoms with Gasteiger partial charge in [-0.05, 0) is 5.56 Å². The first-order valence-electron chi connectivity index (χ1n) is 4.14. The molecule has 0 aliphatic heterocycles. The number of benzene rings is 1. The van der Waals surface area contributed by atoms with Gasteiger partial charge in [-0.2, -0.15) is 0 Å². The molecule has 2 nitrogen and oxygen atoms in total. The van der Waals surface area contributed by atoms with E-state index in [1.807, 2.05) is 30.3 Å². The molecular weight excluding hydrogens is 164 g/mol. The summed E-state index contributed by atoms with van der Waals surface area (Å²) in [6.45, 7) is -0.203. The summed E-state index contributed by atoms with van der Waals surface area (Å²) >= 11 is 0. The van der Waals surface area contributed by atoms with Crippen LogP contribution >= 0.6 is 0 Å². The van der Waals surface area contributed by atoms with Crippen molar-refractivity contribution < 1.29 is 10.2 Å². The Labute approximate surface area is 77.8 Å². The van der Waals surface area contributed by atoms with Crippen LogP contribution in [0, 0.1) is 11.8 Å². The lowest BCUT2D eigenvalue weighted by atomic mass is 10.1. The highest BCUT2D eigenvalue weighted by Crippen LogP contribution is 2.01. The van der Waals surface area contributed by atoms with Crippen molar-refractivity contribution in [1.82, 2.24) is 0 Å². The van der Waals surface area contributed by atoms with E-state index in [0.29, 0.717) is 6.42 Å². The van der Waals surface area contributed by atoms with Gasteiger partial charge in [0.15, 0.2) is 0 Å². The largest absolute Gasteiger partial charge is 0.384 e. The summed E-state index contributed by atoms with van der Waals surface area (Å²) < 4.78 is 0. The van der Waals surface area contributed by atoms with Crippen LogP contribution in [0.25, 0.3) is 0 Å². The van der Waals surface area contributed by atoms with Crippen molar-refractivity contribution in [2.24, 2.45) is 0 Å². The molecule has 2 heteroatoms. The summed E-state index contributed by atoms with van der Waals surface area (Å²) in [7, 11) is 0. The van der Waals surface area contributed by atoms with E-state index in [4.69, 9.17) is 5.11 Å². The minimum absolute atomic E-state index is 0.203. The summed E-state index contributed by atoms with van der Waals surface area (Å²) in [6, 6.07) is 9.63. The van der Waals surface area contributed by atoms with E-state index in [2.05, 4.69) is 11.8 Å². The molecule has 0 spiro atoms. The molecular formula is C11H12O2. The third-order valence-corrected chi connectivity index (χ3v) is 1.62. The summed E-state index contributed by atoms with van der Waals surface area (Å²) in [6.07, 6.45) is -0.178. The summed E-state index contributed by atoms with van der Waals surface area (Å²) in [5, 5.41) is 17.7. The third-order valence-electron chi connectivity index (χ3n) is 1.62. The molecule has 2 N–H and O–H groups in total. The molecule has 1 rings (SSSR count). The second-order valence-electron chi connectivity index (χ2n) is 2.68. The van der Waals surface area contributed by atoms with Crippen molar-refractivity contribution in [2.45, 2.75) is 12.5 Å². The molecule has 1 aromatic carbocycles. The molecule has 0 saturated carbocycles. The Morgan fingerprint density at radius 1 is 1.23 bits per heavy atom. The lowest BCUT2D eigenvalue weighted by Crippen LogP contribution is -2.07. The van der Waals surface area contributed by atoms with Crippen LogP contribution < -0.4 is 0 Å². The van der Waals surface area contributed by atoms with E-state index in [0.717, 1.165) is 5.56 Å². The van der Waals surface area contributed by atoms with E-state index in [1.54, 1.807) is 0 Å². The number of hydrogen-bond donors (Lipinski definition) is 2. The Balaban J connectivity index is 2.50. The maximum atomic E-state index is 9.35. The van der Waals surface area contributed by atoms with E-state index >= 15 is 0 Å². The molecule has 0 aliphatic carbocycles. The highest BCUT2D eigenvalue weighted by molar-refractivity contribution is 5.18. The minimum Gasteiger partial charge on any atom is -0.384 e. The Morgan fingerprint density at radius 2 is 1.92 bits per heavy atom. The monoisotopic (exact) mass is 176 g/mol. The van der Waals surface area contributed by atoms with Crippen LogP contribution in [0.15, 0.2) is 30.3 Å². The van der Waals surface area contributed by atoms with Gasteiger partial charge in [0.1, 0.15) is 12.7 Å². The van der Waals surface area contributed by atoms with Gasteiger partial charge in [0.2, 0.25) is 0 Å². The van der Waals surface area contributed by atoms with Crippen LogP contribution in [-0.2, 0) is 6.42 Å². The van der Waals surface area contributed by atoms with E-state index < -0.39 is 6.10 Å². The van der Waals surface area contributed by atoms with Crippen molar-refractivity contribution in [3.63, 3.8) is 0 Å². The number of aliphatic hydroxyl groups excluding tert-OH is 2. The molecule has 68 valence electrons. The predicted octanol–water partition coefficient (Wildman–Crippen LogP) is 0.586. The van der Waals surface area contributed by atoms with Crippen LogP contribution in [0.2, 0.25) is 0 Å². The smallest absolute Gasteiger partial charge is 0.118 e. The lowest BCUT2D eigenvalue weighted by molar-refractivity contribution is 0.232. The van der Waals surface area contributed by atoms with Crippen molar-refractivity contribution in [3.8, 4) is 11.8 Å². The topological polar surface area (TPSA) is 40.5 Å². The SMILES string of the molecule is OCC#CC(O)Cc1ccccc1. The zero-order valence-corrected chi connectivity index (χ0v) is 7.27. The molecule has 1 aromatic rings. The van der Waals surface area contributed by atoms with Gasteiger partial charge in [-0.15, -0.1) is 0 Å². The molecule has 0 saturated heterocycles.